The van der Waals surface area contributed by atoms with Crippen molar-refractivity contribution in [3.05, 3.63) is 58.5 Å². The van der Waals surface area contributed by atoms with E-state index in [1.807, 2.05) is 42.1 Å². The van der Waals surface area contributed by atoms with Crippen molar-refractivity contribution in [2.75, 3.05) is 6.54 Å². The van der Waals surface area contributed by atoms with Gasteiger partial charge < -0.3 is 5.32 Å². The van der Waals surface area contributed by atoms with Crippen molar-refractivity contribution in [2.45, 2.75) is 19.9 Å². The fraction of sp³-hybridized carbons (Fsp3) is 0.235. The van der Waals surface area contributed by atoms with E-state index in [1.54, 1.807) is 12.3 Å². The second-order valence-electron chi connectivity index (χ2n) is 5.56. The zero-order valence-corrected chi connectivity index (χ0v) is 14.9. The van der Waals surface area contributed by atoms with Gasteiger partial charge in [0.1, 0.15) is 5.69 Å². The maximum Gasteiger partial charge on any atom is 0.269 e. The third-order valence-corrected chi connectivity index (χ3v) is 4.03. The van der Waals surface area contributed by atoms with Crippen molar-refractivity contribution in [3.63, 3.8) is 0 Å². The lowest BCUT2D eigenvalue weighted by atomic mass is 10.1. The first-order valence-corrected chi connectivity index (χ1v) is 8.50. The summed E-state index contributed by atoms with van der Waals surface area (Å²) in [6.07, 6.45) is 4.46. The van der Waals surface area contributed by atoms with Crippen LogP contribution in [0.5, 0.6) is 0 Å². The summed E-state index contributed by atoms with van der Waals surface area (Å²) in [4.78, 5) is 12.1. The molecule has 0 aliphatic carbocycles. The number of amides is 1. The number of halogens is 1. The molecule has 0 saturated heterocycles. The molecule has 0 fully saturated rings. The van der Waals surface area contributed by atoms with E-state index in [9.17, 15) is 4.79 Å². The quantitative estimate of drug-likeness (QED) is 0.637. The SMILES string of the molecule is Cc1ccc(-c2cc(C(=O)NCCCn3cc(Br)cn3)[nH]n2)cc1. The van der Waals surface area contributed by atoms with E-state index in [0.717, 1.165) is 28.7 Å². The van der Waals surface area contributed by atoms with Crippen LogP contribution in [0.2, 0.25) is 0 Å². The van der Waals surface area contributed by atoms with Gasteiger partial charge in [-0.15, -0.1) is 0 Å². The standard InChI is InChI=1S/C17H18BrN5O/c1-12-3-5-13(6-4-12)15-9-16(22-21-15)17(24)19-7-2-8-23-11-14(18)10-20-23/h3-6,9-11H,2,7-8H2,1H3,(H,19,24)(H,21,22). The van der Waals surface area contributed by atoms with Crippen LogP contribution in [0.15, 0.2) is 47.2 Å². The summed E-state index contributed by atoms with van der Waals surface area (Å²) in [5.41, 5.74) is 3.41. The van der Waals surface area contributed by atoms with Crippen LogP contribution in [0.4, 0.5) is 0 Å². The zero-order valence-electron chi connectivity index (χ0n) is 13.3. The largest absolute Gasteiger partial charge is 0.351 e. The van der Waals surface area contributed by atoms with Gasteiger partial charge in [-0.1, -0.05) is 29.8 Å². The van der Waals surface area contributed by atoms with Crippen molar-refractivity contribution >= 4 is 21.8 Å². The third kappa shape index (κ3) is 4.11. The van der Waals surface area contributed by atoms with E-state index >= 15 is 0 Å². The Hall–Kier alpha value is -2.41. The van der Waals surface area contributed by atoms with Gasteiger partial charge in [-0.05, 0) is 35.3 Å². The van der Waals surface area contributed by atoms with Crippen molar-refractivity contribution in [1.82, 2.24) is 25.3 Å². The van der Waals surface area contributed by atoms with Crippen LogP contribution in [0.1, 0.15) is 22.5 Å². The van der Waals surface area contributed by atoms with Gasteiger partial charge in [0.2, 0.25) is 0 Å². The molecular formula is C17H18BrN5O. The van der Waals surface area contributed by atoms with Gasteiger partial charge in [0.15, 0.2) is 0 Å². The predicted molar refractivity (Wildman–Crippen MR) is 95.6 cm³/mol. The fourth-order valence-electron chi connectivity index (χ4n) is 2.31. The number of H-pyrrole nitrogens is 1. The van der Waals surface area contributed by atoms with Crippen LogP contribution < -0.4 is 5.32 Å². The molecule has 0 aliphatic rings. The molecule has 0 saturated carbocycles. The topological polar surface area (TPSA) is 75.6 Å². The zero-order chi connectivity index (χ0) is 16.9. The maximum atomic E-state index is 12.1. The molecule has 7 heteroatoms. The monoisotopic (exact) mass is 387 g/mol. The summed E-state index contributed by atoms with van der Waals surface area (Å²) in [5.74, 6) is -0.150. The molecule has 124 valence electrons. The molecule has 0 radical (unpaired) electrons. The first kappa shape index (κ1) is 16.4. The number of aryl methyl sites for hydroxylation is 2. The lowest BCUT2D eigenvalue weighted by Gasteiger charge is -2.03. The summed E-state index contributed by atoms with van der Waals surface area (Å²) >= 11 is 3.36. The van der Waals surface area contributed by atoms with Gasteiger partial charge in [0.05, 0.1) is 16.4 Å². The normalized spacial score (nSPS) is 10.8. The molecule has 0 unspecified atom stereocenters. The van der Waals surface area contributed by atoms with Crippen LogP contribution in [0.3, 0.4) is 0 Å². The first-order chi connectivity index (χ1) is 11.6. The minimum atomic E-state index is -0.150. The average molecular weight is 388 g/mol. The number of aromatic nitrogens is 4. The summed E-state index contributed by atoms with van der Waals surface area (Å²) in [7, 11) is 0. The predicted octanol–water partition coefficient (Wildman–Crippen LogP) is 3.16. The molecule has 2 aromatic heterocycles. The van der Waals surface area contributed by atoms with E-state index in [-0.39, 0.29) is 5.91 Å². The Balaban J connectivity index is 1.51. The molecule has 24 heavy (non-hydrogen) atoms. The van der Waals surface area contributed by atoms with Crippen molar-refractivity contribution < 1.29 is 4.79 Å². The summed E-state index contributed by atoms with van der Waals surface area (Å²) in [5, 5.41) is 14.1. The number of nitrogens with zero attached hydrogens (tertiary/aromatic N) is 3. The molecular weight excluding hydrogens is 370 g/mol. The Morgan fingerprint density at radius 3 is 2.83 bits per heavy atom. The Labute approximate surface area is 148 Å². The molecule has 1 aromatic carbocycles. The van der Waals surface area contributed by atoms with Gasteiger partial charge in [-0.3, -0.25) is 14.6 Å². The summed E-state index contributed by atoms with van der Waals surface area (Å²) in [6.45, 7) is 3.37. The smallest absolute Gasteiger partial charge is 0.269 e. The summed E-state index contributed by atoms with van der Waals surface area (Å²) in [6, 6.07) is 9.81. The molecule has 1 amide bonds. The Kier molecular flexibility index (Phi) is 5.10. The first-order valence-electron chi connectivity index (χ1n) is 7.70. The van der Waals surface area contributed by atoms with Crippen LogP contribution in [0, 0.1) is 6.92 Å². The fourth-order valence-corrected chi connectivity index (χ4v) is 2.64. The van der Waals surface area contributed by atoms with Gasteiger partial charge in [-0.25, -0.2) is 0 Å². The number of nitrogens with one attached hydrogen (secondary N) is 2. The van der Waals surface area contributed by atoms with Gasteiger partial charge in [0.25, 0.3) is 5.91 Å². The molecule has 2 N–H and O–H groups in total. The maximum absolute atomic E-state index is 12.1. The average Bonchev–Trinajstić information content (AvgIpc) is 3.21. The van der Waals surface area contributed by atoms with Crippen LogP contribution in [-0.4, -0.2) is 32.4 Å². The lowest BCUT2D eigenvalue weighted by molar-refractivity contribution is 0.0947. The minimum Gasteiger partial charge on any atom is -0.351 e. The number of carbonyl (C=O) groups is 1. The highest BCUT2D eigenvalue weighted by atomic mass is 79.9. The number of carbonyl (C=O) groups excluding carboxylic acids is 1. The molecule has 0 atom stereocenters. The molecule has 0 aliphatic heterocycles. The molecule has 3 aromatic rings. The number of hydrogen-bond donors (Lipinski definition) is 2. The van der Waals surface area contributed by atoms with Crippen LogP contribution in [-0.2, 0) is 6.54 Å². The van der Waals surface area contributed by atoms with E-state index in [0.29, 0.717) is 12.2 Å². The Bertz CT molecular complexity index is 822. The number of benzene rings is 1. The third-order valence-electron chi connectivity index (χ3n) is 3.62. The molecule has 6 nitrogen and oxygen atoms in total. The Morgan fingerprint density at radius 1 is 1.33 bits per heavy atom. The summed E-state index contributed by atoms with van der Waals surface area (Å²) < 4.78 is 2.79. The second-order valence-corrected chi connectivity index (χ2v) is 6.48. The highest BCUT2D eigenvalue weighted by molar-refractivity contribution is 9.10. The van der Waals surface area contributed by atoms with Crippen molar-refractivity contribution in [1.29, 1.82) is 0 Å². The Morgan fingerprint density at radius 2 is 2.12 bits per heavy atom. The van der Waals surface area contributed by atoms with Crippen molar-refractivity contribution in [2.24, 2.45) is 0 Å². The van der Waals surface area contributed by atoms with Crippen molar-refractivity contribution in [3.8, 4) is 11.3 Å². The van der Waals surface area contributed by atoms with Gasteiger partial charge in [0, 0.05) is 24.8 Å². The number of aromatic amines is 1. The van der Waals surface area contributed by atoms with Gasteiger partial charge >= 0.3 is 0 Å². The van der Waals surface area contributed by atoms with Crippen LogP contribution in [0.25, 0.3) is 11.3 Å². The van der Waals surface area contributed by atoms with E-state index in [2.05, 4.69) is 36.5 Å². The molecule has 2 heterocycles. The van der Waals surface area contributed by atoms with Gasteiger partial charge in [-0.2, -0.15) is 10.2 Å². The molecule has 0 bridgehead atoms. The lowest BCUT2D eigenvalue weighted by Crippen LogP contribution is -2.25. The minimum absolute atomic E-state index is 0.150. The highest BCUT2D eigenvalue weighted by Gasteiger charge is 2.10. The molecule has 0 spiro atoms. The number of rotatable bonds is 6. The van der Waals surface area contributed by atoms with Crippen LogP contribution >= 0.6 is 15.9 Å². The highest BCUT2D eigenvalue weighted by Crippen LogP contribution is 2.18. The van der Waals surface area contributed by atoms with E-state index in [1.165, 1.54) is 5.56 Å². The van der Waals surface area contributed by atoms with E-state index in [4.69, 9.17) is 0 Å². The van der Waals surface area contributed by atoms with E-state index < -0.39 is 0 Å². The second kappa shape index (κ2) is 7.44. The molecule has 3 rings (SSSR count). The number of hydrogen-bond acceptors (Lipinski definition) is 3.